The Morgan fingerprint density at radius 3 is 2.52 bits per heavy atom. The van der Waals surface area contributed by atoms with Gasteiger partial charge in [-0.3, -0.25) is 4.79 Å². The Kier molecular flexibility index (Phi) is 5.19. The molecule has 2 aromatic carbocycles. The van der Waals surface area contributed by atoms with Crippen molar-refractivity contribution < 1.29 is 18.7 Å². The summed E-state index contributed by atoms with van der Waals surface area (Å²) >= 11 is 0. The number of piperidine rings is 1. The summed E-state index contributed by atoms with van der Waals surface area (Å²) in [5.41, 5.74) is 2.80. The number of hydrogen-bond acceptors (Lipinski definition) is 7. The quantitative estimate of drug-likeness (QED) is 0.689. The van der Waals surface area contributed by atoms with E-state index >= 15 is 0 Å². The first-order chi connectivity index (χ1) is 15.2. The number of carbonyl (C=O) groups is 1. The number of benzene rings is 2. The largest absolute Gasteiger partial charge is 0.486 e. The molecule has 1 amide bonds. The Bertz CT molecular complexity index is 1070. The molecule has 5 rings (SSSR count). The van der Waals surface area contributed by atoms with Crippen molar-refractivity contribution in [3.05, 3.63) is 48.0 Å². The summed E-state index contributed by atoms with van der Waals surface area (Å²) in [7, 11) is 0. The first-order valence-electron chi connectivity index (χ1n) is 10.5. The van der Waals surface area contributed by atoms with Gasteiger partial charge in [-0.25, -0.2) is 0 Å². The first kappa shape index (κ1) is 19.4. The molecule has 8 nitrogen and oxygen atoms in total. The van der Waals surface area contributed by atoms with Crippen molar-refractivity contribution in [3.8, 4) is 23.0 Å². The minimum atomic E-state index is -0.0658. The number of carbonyl (C=O) groups excluding carboxylic acids is 1. The number of aryl methyl sites for hydroxylation is 1. The van der Waals surface area contributed by atoms with E-state index in [1.54, 1.807) is 0 Å². The molecule has 2 aliphatic heterocycles. The summed E-state index contributed by atoms with van der Waals surface area (Å²) < 4.78 is 17.0. The van der Waals surface area contributed by atoms with Gasteiger partial charge in [-0.05, 0) is 44.0 Å². The normalized spacial score (nSPS) is 16.2. The summed E-state index contributed by atoms with van der Waals surface area (Å²) in [6.07, 6.45) is 1.44. The molecule has 8 heteroatoms. The van der Waals surface area contributed by atoms with Gasteiger partial charge < -0.3 is 24.1 Å². The van der Waals surface area contributed by atoms with Crippen molar-refractivity contribution in [2.45, 2.75) is 19.8 Å². The maximum absolute atomic E-state index is 12.7. The Morgan fingerprint density at radius 1 is 1.00 bits per heavy atom. The SMILES string of the molecule is Cc1ccc(-c2nnc(N3CCC(C(=O)Nc4ccc5c(c4)OCCO5)CC3)o2)cc1. The van der Waals surface area contributed by atoms with Gasteiger partial charge in [0, 0.05) is 36.3 Å². The van der Waals surface area contributed by atoms with Crippen molar-refractivity contribution in [3.63, 3.8) is 0 Å². The van der Waals surface area contributed by atoms with Crippen LogP contribution in [0.4, 0.5) is 11.7 Å². The fourth-order valence-corrected chi connectivity index (χ4v) is 3.85. The van der Waals surface area contributed by atoms with Gasteiger partial charge in [-0.1, -0.05) is 22.8 Å². The molecule has 31 heavy (non-hydrogen) atoms. The molecule has 1 saturated heterocycles. The summed E-state index contributed by atoms with van der Waals surface area (Å²) in [6.45, 7) is 4.48. The fourth-order valence-electron chi connectivity index (χ4n) is 3.85. The number of hydrogen-bond donors (Lipinski definition) is 1. The maximum atomic E-state index is 12.7. The summed E-state index contributed by atoms with van der Waals surface area (Å²) in [6, 6.07) is 14.0. The van der Waals surface area contributed by atoms with E-state index in [2.05, 4.69) is 15.5 Å². The molecule has 1 aromatic heterocycles. The van der Waals surface area contributed by atoms with Gasteiger partial charge >= 0.3 is 6.01 Å². The van der Waals surface area contributed by atoms with Gasteiger partial charge in [-0.15, -0.1) is 5.10 Å². The number of anilines is 2. The number of nitrogens with zero attached hydrogens (tertiary/aromatic N) is 3. The lowest BCUT2D eigenvalue weighted by atomic mass is 9.96. The van der Waals surface area contributed by atoms with Gasteiger partial charge in [0.25, 0.3) is 0 Å². The fraction of sp³-hybridized carbons (Fsp3) is 0.348. The van der Waals surface area contributed by atoms with Crippen molar-refractivity contribution >= 4 is 17.6 Å². The molecule has 0 saturated carbocycles. The highest BCUT2D eigenvalue weighted by atomic mass is 16.6. The zero-order valence-electron chi connectivity index (χ0n) is 17.3. The Balaban J connectivity index is 1.18. The Hall–Kier alpha value is -3.55. The lowest BCUT2D eigenvalue weighted by Crippen LogP contribution is -2.38. The van der Waals surface area contributed by atoms with Crippen LogP contribution >= 0.6 is 0 Å². The third-order valence-corrected chi connectivity index (χ3v) is 5.66. The smallest absolute Gasteiger partial charge is 0.318 e. The van der Waals surface area contributed by atoms with E-state index in [-0.39, 0.29) is 11.8 Å². The highest BCUT2D eigenvalue weighted by Crippen LogP contribution is 2.33. The number of aromatic nitrogens is 2. The van der Waals surface area contributed by atoms with Crippen LogP contribution < -0.4 is 19.7 Å². The molecule has 3 heterocycles. The van der Waals surface area contributed by atoms with E-state index < -0.39 is 0 Å². The third-order valence-electron chi connectivity index (χ3n) is 5.66. The second-order valence-electron chi connectivity index (χ2n) is 7.86. The van der Waals surface area contributed by atoms with Crippen molar-refractivity contribution in [1.82, 2.24) is 10.2 Å². The van der Waals surface area contributed by atoms with Crippen LogP contribution in [-0.2, 0) is 4.79 Å². The van der Waals surface area contributed by atoms with Gasteiger partial charge in [0.1, 0.15) is 13.2 Å². The van der Waals surface area contributed by atoms with E-state index in [1.807, 2.05) is 54.3 Å². The number of ether oxygens (including phenoxy) is 2. The summed E-state index contributed by atoms with van der Waals surface area (Å²) in [5, 5.41) is 11.4. The van der Waals surface area contributed by atoms with Crippen molar-refractivity contribution in [2.24, 2.45) is 5.92 Å². The second kappa shape index (κ2) is 8.29. The van der Waals surface area contributed by atoms with E-state index in [0.29, 0.717) is 49.7 Å². The predicted molar refractivity (Wildman–Crippen MR) is 115 cm³/mol. The lowest BCUT2D eigenvalue weighted by Gasteiger charge is -2.29. The van der Waals surface area contributed by atoms with Crippen LogP contribution in [-0.4, -0.2) is 42.4 Å². The Morgan fingerprint density at radius 2 is 1.74 bits per heavy atom. The Labute approximate surface area is 180 Å². The molecule has 160 valence electrons. The van der Waals surface area contributed by atoms with E-state index in [1.165, 1.54) is 5.56 Å². The first-order valence-corrected chi connectivity index (χ1v) is 10.5. The zero-order chi connectivity index (χ0) is 21.2. The molecule has 2 aliphatic rings. The van der Waals surface area contributed by atoms with Crippen molar-refractivity contribution in [2.75, 3.05) is 36.5 Å². The summed E-state index contributed by atoms with van der Waals surface area (Å²) in [5.74, 6) is 1.83. The highest BCUT2D eigenvalue weighted by Gasteiger charge is 2.28. The van der Waals surface area contributed by atoms with Gasteiger partial charge in [0.2, 0.25) is 11.8 Å². The van der Waals surface area contributed by atoms with Gasteiger partial charge in [0.05, 0.1) is 0 Å². The van der Waals surface area contributed by atoms with Crippen LogP contribution in [0.25, 0.3) is 11.5 Å². The molecule has 0 atom stereocenters. The number of rotatable bonds is 4. The molecule has 1 fully saturated rings. The zero-order valence-corrected chi connectivity index (χ0v) is 17.3. The molecule has 0 aliphatic carbocycles. The van der Waals surface area contributed by atoms with Crippen LogP contribution in [0.2, 0.25) is 0 Å². The number of nitrogens with one attached hydrogen (secondary N) is 1. The highest BCUT2D eigenvalue weighted by molar-refractivity contribution is 5.93. The average Bonchev–Trinajstić information content (AvgIpc) is 3.30. The van der Waals surface area contributed by atoms with Crippen LogP contribution in [0, 0.1) is 12.8 Å². The van der Waals surface area contributed by atoms with Crippen LogP contribution in [0.5, 0.6) is 11.5 Å². The molecule has 0 spiro atoms. The minimum Gasteiger partial charge on any atom is -0.486 e. The van der Waals surface area contributed by atoms with Crippen LogP contribution in [0.3, 0.4) is 0 Å². The molecular formula is C23H24N4O4. The molecular weight excluding hydrogens is 396 g/mol. The van der Waals surface area contributed by atoms with E-state index in [9.17, 15) is 4.79 Å². The standard InChI is InChI=1S/C23H24N4O4/c1-15-2-4-17(5-3-15)22-25-26-23(31-22)27-10-8-16(9-11-27)21(28)24-18-6-7-19-20(14-18)30-13-12-29-19/h2-7,14,16H,8-13H2,1H3,(H,24,28). The maximum Gasteiger partial charge on any atom is 0.318 e. The summed E-state index contributed by atoms with van der Waals surface area (Å²) in [4.78, 5) is 14.8. The second-order valence-corrected chi connectivity index (χ2v) is 7.86. The van der Waals surface area contributed by atoms with Gasteiger partial charge in [0.15, 0.2) is 11.5 Å². The topological polar surface area (TPSA) is 89.7 Å². The minimum absolute atomic E-state index is 0.0159. The van der Waals surface area contributed by atoms with Crippen LogP contribution in [0.15, 0.2) is 46.9 Å². The average molecular weight is 420 g/mol. The predicted octanol–water partition coefficient (Wildman–Crippen LogP) is 3.67. The number of amides is 1. The van der Waals surface area contributed by atoms with Crippen LogP contribution in [0.1, 0.15) is 18.4 Å². The monoisotopic (exact) mass is 420 g/mol. The van der Waals surface area contributed by atoms with Gasteiger partial charge in [-0.2, -0.15) is 0 Å². The molecule has 1 N–H and O–H groups in total. The molecule has 3 aromatic rings. The lowest BCUT2D eigenvalue weighted by molar-refractivity contribution is -0.120. The van der Waals surface area contributed by atoms with E-state index in [4.69, 9.17) is 13.9 Å². The molecule has 0 bridgehead atoms. The molecule has 0 unspecified atom stereocenters. The number of fused-ring (bicyclic) bond motifs is 1. The molecule has 0 radical (unpaired) electrons. The van der Waals surface area contributed by atoms with E-state index in [0.717, 1.165) is 24.1 Å². The van der Waals surface area contributed by atoms with Crippen molar-refractivity contribution in [1.29, 1.82) is 0 Å². The third kappa shape index (κ3) is 4.19.